The molecule has 8 nitrogen and oxygen atoms in total. The van der Waals surface area contributed by atoms with Crippen molar-refractivity contribution in [3.63, 3.8) is 0 Å². The molecule has 0 fully saturated rings. The molecule has 0 bridgehead atoms. The number of hydrogen-bond acceptors (Lipinski definition) is 7. The molecular formula is C25H27N5O3S. The normalized spacial score (nSPS) is 15.4. The van der Waals surface area contributed by atoms with E-state index in [4.69, 9.17) is 9.73 Å². The van der Waals surface area contributed by atoms with E-state index in [9.17, 15) is 9.59 Å². The van der Waals surface area contributed by atoms with E-state index in [1.807, 2.05) is 42.7 Å². The van der Waals surface area contributed by atoms with Crippen molar-refractivity contribution in [1.29, 1.82) is 0 Å². The number of methoxy groups -OCH3 is 1. The van der Waals surface area contributed by atoms with Gasteiger partial charge in [0, 0.05) is 21.7 Å². The Hall–Kier alpha value is -3.59. The molecule has 0 spiro atoms. The fourth-order valence-corrected chi connectivity index (χ4v) is 5.44. The molecule has 1 aromatic carbocycles. The molecule has 0 saturated carbocycles. The first-order valence-corrected chi connectivity index (χ1v) is 11.8. The number of thiophene rings is 1. The van der Waals surface area contributed by atoms with Gasteiger partial charge in [-0.05, 0) is 51.0 Å². The Morgan fingerprint density at radius 2 is 2.06 bits per heavy atom. The number of rotatable bonds is 6. The minimum atomic E-state index is -0.584. The minimum absolute atomic E-state index is 0.292. The zero-order chi connectivity index (χ0) is 24.6. The van der Waals surface area contributed by atoms with Crippen molar-refractivity contribution >= 4 is 34.6 Å². The lowest BCUT2D eigenvalue weighted by Gasteiger charge is -2.20. The first kappa shape index (κ1) is 23.6. The molecule has 1 aliphatic heterocycles. The number of esters is 1. The maximum Gasteiger partial charge on any atom is 0.311 e. The van der Waals surface area contributed by atoms with Gasteiger partial charge < -0.3 is 10.1 Å². The van der Waals surface area contributed by atoms with Crippen LogP contribution in [0.2, 0.25) is 0 Å². The van der Waals surface area contributed by atoms with Gasteiger partial charge in [-0.1, -0.05) is 25.6 Å². The fraction of sp³-hybridized carbons (Fsp3) is 0.320. The number of nitrogens with one attached hydrogen (secondary N) is 1. The van der Waals surface area contributed by atoms with Crippen molar-refractivity contribution < 1.29 is 14.3 Å². The van der Waals surface area contributed by atoms with Crippen molar-refractivity contribution in [1.82, 2.24) is 14.8 Å². The number of ether oxygens (including phenoxy) is 1. The van der Waals surface area contributed by atoms with Crippen LogP contribution >= 0.6 is 11.3 Å². The Labute approximate surface area is 202 Å². The summed E-state index contributed by atoms with van der Waals surface area (Å²) < 4.78 is 7.13. The van der Waals surface area contributed by atoms with Crippen LogP contribution in [0.5, 0.6) is 0 Å². The van der Waals surface area contributed by atoms with Crippen LogP contribution in [0.15, 0.2) is 41.9 Å². The van der Waals surface area contributed by atoms with Crippen LogP contribution in [0.4, 0.5) is 5.69 Å². The van der Waals surface area contributed by atoms with Gasteiger partial charge in [-0.2, -0.15) is 0 Å². The van der Waals surface area contributed by atoms with E-state index in [0.717, 1.165) is 38.1 Å². The molecule has 0 saturated heterocycles. The SMILES string of the molecule is C=CC(=O)Nc1cccc(C2=NC(C(CC)C(=O)OC)c3nnc(C)n3-c3sc(C)c(C)c32)c1. The molecule has 1 aliphatic rings. The molecular weight excluding hydrogens is 450 g/mol. The van der Waals surface area contributed by atoms with Gasteiger partial charge in [0.1, 0.15) is 16.9 Å². The Bertz CT molecular complexity index is 1320. The van der Waals surface area contributed by atoms with E-state index >= 15 is 0 Å². The number of carbonyl (C=O) groups is 2. The molecule has 4 rings (SSSR count). The van der Waals surface area contributed by atoms with E-state index in [1.165, 1.54) is 13.2 Å². The van der Waals surface area contributed by atoms with Gasteiger partial charge in [0.25, 0.3) is 0 Å². The van der Waals surface area contributed by atoms with Gasteiger partial charge in [-0.15, -0.1) is 21.5 Å². The third-order valence-corrected chi connectivity index (χ3v) is 7.30. The van der Waals surface area contributed by atoms with Crippen molar-refractivity contribution in [2.45, 2.75) is 40.2 Å². The molecule has 2 aromatic heterocycles. The molecule has 34 heavy (non-hydrogen) atoms. The number of nitrogens with zero attached hydrogens (tertiary/aromatic N) is 4. The van der Waals surface area contributed by atoms with Crippen LogP contribution in [-0.2, 0) is 14.3 Å². The van der Waals surface area contributed by atoms with Crippen LogP contribution in [0.25, 0.3) is 5.00 Å². The smallest absolute Gasteiger partial charge is 0.311 e. The summed E-state index contributed by atoms with van der Waals surface area (Å²) in [4.78, 5) is 31.0. The summed E-state index contributed by atoms with van der Waals surface area (Å²) in [6.45, 7) is 11.5. The summed E-state index contributed by atoms with van der Waals surface area (Å²) in [5.41, 5.74) is 4.27. The second-order valence-electron chi connectivity index (χ2n) is 8.14. The molecule has 3 aromatic rings. The highest BCUT2D eigenvalue weighted by molar-refractivity contribution is 7.15. The topological polar surface area (TPSA) is 98.5 Å². The Morgan fingerprint density at radius 3 is 2.74 bits per heavy atom. The van der Waals surface area contributed by atoms with E-state index < -0.39 is 12.0 Å². The predicted molar refractivity (Wildman–Crippen MR) is 133 cm³/mol. The van der Waals surface area contributed by atoms with E-state index in [1.54, 1.807) is 11.3 Å². The third kappa shape index (κ3) is 3.96. The van der Waals surface area contributed by atoms with Gasteiger partial charge >= 0.3 is 5.97 Å². The number of aryl methyl sites for hydroxylation is 2. The summed E-state index contributed by atoms with van der Waals surface area (Å²) in [5, 5.41) is 12.6. The highest BCUT2D eigenvalue weighted by Crippen LogP contribution is 2.41. The quantitative estimate of drug-likeness (QED) is 0.417. The van der Waals surface area contributed by atoms with E-state index in [-0.39, 0.29) is 11.9 Å². The van der Waals surface area contributed by atoms with Gasteiger partial charge in [-0.3, -0.25) is 19.1 Å². The minimum Gasteiger partial charge on any atom is -0.469 e. The lowest BCUT2D eigenvalue weighted by atomic mass is 9.95. The third-order valence-electron chi connectivity index (χ3n) is 6.10. The first-order valence-electron chi connectivity index (χ1n) is 11.0. The standard InChI is InChI=1S/C25H27N5O3S/c1-7-18(25(32)33-6)22-23-29-28-15(5)30(23)24-20(13(3)14(4)34-24)21(27-22)16-10-9-11-17(12-16)26-19(31)8-2/h8-12,18,22H,2,7H2,1,3-6H3,(H,26,31). The largest absolute Gasteiger partial charge is 0.469 e. The van der Waals surface area contributed by atoms with Gasteiger partial charge in [0.15, 0.2) is 5.82 Å². The molecule has 1 amide bonds. The van der Waals surface area contributed by atoms with Crippen LogP contribution in [0.1, 0.15) is 52.6 Å². The highest BCUT2D eigenvalue weighted by atomic mass is 32.1. The van der Waals surface area contributed by atoms with Crippen LogP contribution in [-0.4, -0.2) is 39.5 Å². The molecule has 2 unspecified atom stereocenters. The Kier molecular flexibility index (Phi) is 6.47. The summed E-state index contributed by atoms with van der Waals surface area (Å²) in [6, 6.07) is 6.93. The second kappa shape index (κ2) is 9.34. The first-order chi connectivity index (χ1) is 16.3. The van der Waals surface area contributed by atoms with Crippen molar-refractivity contribution in [2.24, 2.45) is 10.9 Å². The number of aliphatic imine (C=N–C) groups is 1. The number of anilines is 1. The van der Waals surface area contributed by atoms with Crippen LogP contribution in [0.3, 0.4) is 0 Å². The average Bonchev–Trinajstić information content (AvgIpc) is 3.30. The number of carbonyl (C=O) groups excluding carboxylic acids is 2. The van der Waals surface area contributed by atoms with Gasteiger partial charge in [0.05, 0.1) is 18.7 Å². The summed E-state index contributed by atoms with van der Waals surface area (Å²) >= 11 is 1.65. The predicted octanol–water partition coefficient (Wildman–Crippen LogP) is 4.47. The zero-order valence-corrected chi connectivity index (χ0v) is 20.7. The van der Waals surface area contributed by atoms with E-state index in [0.29, 0.717) is 17.9 Å². The number of amides is 1. The van der Waals surface area contributed by atoms with Crippen molar-refractivity contribution in [3.8, 4) is 5.00 Å². The lowest BCUT2D eigenvalue weighted by Crippen LogP contribution is -2.24. The fourth-order valence-electron chi connectivity index (χ4n) is 4.22. The maximum absolute atomic E-state index is 12.8. The zero-order valence-electron chi connectivity index (χ0n) is 19.9. The number of hydrogen-bond donors (Lipinski definition) is 1. The molecule has 0 aliphatic carbocycles. The molecule has 1 N–H and O–H groups in total. The summed E-state index contributed by atoms with van der Waals surface area (Å²) in [6.07, 6.45) is 1.76. The van der Waals surface area contributed by atoms with Crippen molar-refractivity contribution in [3.05, 3.63) is 70.1 Å². The second-order valence-corrected chi connectivity index (χ2v) is 9.34. The molecule has 2 atom stereocenters. The maximum atomic E-state index is 12.8. The van der Waals surface area contributed by atoms with Crippen LogP contribution in [0, 0.1) is 26.7 Å². The molecule has 0 radical (unpaired) electrons. The Morgan fingerprint density at radius 1 is 1.29 bits per heavy atom. The molecule has 9 heteroatoms. The number of fused-ring (bicyclic) bond motifs is 3. The highest BCUT2D eigenvalue weighted by Gasteiger charge is 2.38. The van der Waals surface area contributed by atoms with Crippen LogP contribution < -0.4 is 5.32 Å². The monoisotopic (exact) mass is 477 g/mol. The van der Waals surface area contributed by atoms with E-state index in [2.05, 4.69) is 35.9 Å². The van der Waals surface area contributed by atoms with Gasteiger partial charge in [0.2, 0.25) is 5.91 Å². The average molecular weight is 478 g/mol. The summed E-state index contributed by atoms with van der Waals surface area (Å²) in [7, 11) is 1.39. The van der Waals surface area contributed by atoms with Crippen molar-refractivity contribution in [2.75, 3.05) is 12.4 Å². The summed E-state index contributed by atoms with van der Waals surface area (Å²) in [5.74, 6) is 0.183. The molecule has 176 valence electrons. The Balaban J connectivity index is 2.00. The number of aromatic nitrogens is 3. The van der Waals surface area contributed by atoms with Gasteiger partial charge in [-0.25, -0.2) is 0 Å². The molecule has 3 heterocycles. The lowest BCUT2D eigenvalue weighted by molar-refractivity contribution is -0.146. The number of benzene rings is 1.